The van der Waals surface area contributed by atoms with Crippen molar-refractivity contribution in [1.82, 2.24) is 9.80 Å². The maximum atomic E-state index is 12.8. The molecule has 2 aliphatic rings. The van der Waals surface area contributed by atoms with E-state index in [1.165, 1.54) is 6.08 Å². The maximum absolute atomic E-state index is 12.8. The molecule has 0 saturated carbocycles. The van der Waals surface area contributed by atoms with Crippen LogP contribution in [0.5, 0.6) is 0 Å². The molecule has 3 amide bonds. The van der Waals surface area contributed by atoms with Crippen LogP contribution < -0.4 is 0 Å². The number of carbonyl (C=O) groups excluding carboxylic acids is 4. The maximum Gasteiger partial charge on any atom is 0.338 e. The molecule has 0 aliphatic carbocycles. The molecule has 0 N–H and O–H groups in total. The third-order valence-electron chi connectivity index (χ3n) is 5.91. The number of imide groups is 1. The molecule has 9 heteroatoms. The summed E-state index contributed by atoms with van der Waals surface area (Å²) in [4.78, 5) is 52.7. The predicted molar refractivity (Wildman–Crippen MR) is 132 cm³/mol. The minimum absolute atomic E-state index is 0.203. The van der Waals surface area contributed by atoms with Crippen LogP contribution in [0.25, 0.3) is 17.4 Å². The van der Waals surface area contributed by atoms with E-state index in [0.717, 1.165) is 54.3 Å². The van der Waals surface area contributed by atoms with Crippen molar-refractivity contribution < 1.29 is 28.3 Å². The number of rotatable bonds is 8. The smallest absolute Gasteiger partial charge is 0.338 e. The topological polar surface area (TPSA) is 97.1 Å². The van der Waals surface area contributed by atoms with Gasteiger partial charge < -0.3 is 14.1 Å². The van der Waals surface area contributed by atoms with E-state index in [0.29, 0.717) is 36.8 Å². The Morgan fingerprint density at radius 1 is 1.06 bits per heavy atom. The van der Waals surface area contributed by atoms with Crippen molar-refractivity contribution in [3.05, 3.63) is 52.6 Å². The number of nitrogens with zero attached hydrogens (tertiary/aromatic N) is 2. The van der Waals surface area contributed by atoms with Gasteiger partial charge in [0.15, 0.2) is 0 Å². The normalized spacial score (nSPS) is 17.3. The lowest BCUT2D eigenvalue weighted by atomic mass is 10.1. The lowest BCUT2D eigenvalue weighted by molar-refractivity contribution is -0.136. The second-order valence-electron chi connectivity index (χ2n) is 8.48. The number of benzene rings is 1. The third-order valence-corrected chi connectivity index (χ3v) is 6.82. The Labute approximate surface area is 208 Å². The summed E-state index contributed by atoms with van der Waals surface area (Å²) < 4.78 is 11.1. The van der Waals surface area contributed by atoms with Gasteiger partial charge in [-0.25, -0.2) is 4.79 Å². The second kappa shape index (κ2) is 11.4. The fourth-order valence-electron chi connectivity index (χ4n) is 3.89. The number of hydrogen-bond acceptors (Lipinski definition) is 7. The molecule has 0 unspecified atom stereocenters. The number of amides is 3. The van der Waals surface area contributed by atoms with Gasteiger partial charge in [-0.05, 0) is 61.7 Å². The molecule has 2 fully saturated rings. The van der Waals surface area contributed by atoms with Crippen LogP contribution >= 0.6 is 11.8 Å². The summed E-state index contributed by atoms with van der Waals surface area (Å²) in [5, 5.41) is -0.459. The minimum atomic E-state index is -0.491. The SMILES string of the molecule is CCCCOC(=O)c1ccc(-c2ccc(/C=C3\SC(=O)N(CC(=O)N4CCCCC4)C3=O)o2)cc1. The zero-order chi connectivity index (χ0) is 24.8. The summed E-state index contributed by atoms with van der Waals surface area (Å²) in [6.45, 7) is 3.53. The summed E-state index contributed by atoms with van der Waals surface area (Å²) in [7, 11) is 0. The van der Waals surface area contributed by atoms with Crippen LogP contribution in [-0.2, 0) is 14.3 Å². The number of ether oxygens (including phenoxy) is 1. The van der Waals surface area contributed by atoms with E-state index in [-0.39, 0.29) is 23.3 Å². The van der Waals surface area contributed by atoms with E-state index in [2.05, 4.69) is 0 Å². The van der Waals surface area contributed by atoms with Crippen LogP contribution in [0.3, 0.4) is 0 Å². The quantitative estimate of drug-likeness (QED) is 0.290. The van der Waals surface area contributed by atoms with Gasteiger partial charge in [-0.15, -0.1) is 0 Å². The van der Waals surface area contributed by atoms with Crippen molar-refractivity contribution in [2.75, 3.05) is 26.2 Å². The number of piperidine rings is 1. The number of esters is 1. The molecule has 0 radical (unpaired) electrons. The van der Waals surface area contributed by atoms with Crippen molar-refractivity contribution in [1.29, 1.82) is 0 Å². The molecular formula is C26H28N2O6S. The van der Waals surface area contributed by atoms with Crippen molar-refractivity contribution in [2.24, 2.45) is 0 Å². The lowest BCUT2D eigenvalue weighted by Crippen LogP contribution is -2.44. The average Bonchev–Trinajstić information content (AvgIpc) is 3.45. The van der Waals surface area contributed by atoms with Crippen molar-refractivity contribution in [3.63, 3.8) is 0 Å². The number of thioether (sulfide) groups is 1. The Morgan fingerprint density at radius 3 is 2.51 bits per heavy atom. The summed E-state index contributed by atoms with van der Waals surface area (Å²) in [6.07, 6.45) is 6.28. The largest absolute Gasteiger partial charge is 0.462 e. The highest BCUT2D eigenvalue weighted by atomic mass is 32.2. The fraction of sp³-hybridized carbons (Fsp3) is 0.385. The summed E-state index contributed by atoms with van der Waals surface area (Å²) in [5.74, 6) is -0.0855. The predicted octanol–water partition coefficient (Wildman–Crippen LogP) is 4.95. The summed E-state index contributed by atoms with van der Waals surface area (Å²) in [6, 6.07) is 10.3. The average molecular weight is 497 g/mol. The van der Waals surface area contributed by atoms with Gasteiger partial charge in [0.1, 0.15) is 18.1 Å². The van der Waals surface area contributed by atoms with Crippen molar-refractivity contribution in [2.45, 2.75) is 39.0 Å². The first-order valence-corrected chi connectivity index (χ1v) is 12.7. The highest BCUT2D eigenvalue weighted by Crippen LogP contribution is 2.33. The highest BCUT2D eigenvalue weighted by Gasteiger charge is 2.37. The van der Waals surface area contributed by atoms with E-state index in [1.807, 2.05) is 6.92 Å². The first-order chi connectivity index (χ1) is 17.0. The number of furan rings is 1. The van der Waals surface area contributed by atoms with Crippen LogP contribution in [0.15, 0.2) is 45.7 Å². The van der Waals surface area contributed by atoms with Crippen molar-refractivity contribution >= 4 is 40.9 Å². The van der Waals surface area contributed by atoms with Crippen LogP contribution in [0, 0.1) is 0 Å². The van der Waals surface area contributed by atoms with E-state index >= 15 is 0 Å². The Hall–Kier alpha value is -3.33. The second-order valence-corrected chi connectivity index (χ2v) is 9.47. The zero-order valence-corrected chi connectivity index (χ0v) is 20.5. The lowest BCUT2D eigenvalue weighted by Gasteiger charge is -2.27. The molecule has 2 aliphatic heterocycles. The monoisotopic (exact) mass is 496 g/mol. The highest BCUT2D eigenvalue weighted by molar-refractivity contribution is 8.18. The molecule has 0 atom stereocenters. The number of unbranched alkanes of at least 4 members (excludes halogenated alkanes) is 1. The van der Waals surface area contributed by atoms with Gasteiger partial charge in [0, 0.05) is 24.7 Å². The molecule has 35 heavy (non-hydrogen) atoms. The summed E-state index contributed by atoms with van der Waals surface area (Å²) in [5.41, 5.74) is 1.22. The molecule has 1 aromatic heterocycles. The van der Waals surface area contributed by atoms with Gasteiger partial charge in [0.05, 0.1) is 17.1 Å². The van der Waals surface area contributed by atoms with Gasteiger partial charge in [-0.2, -0.15) is 0 Å². The molecule has 184 valence electrons. The van der Waals surface area contributed by atoms with Gasteiger partial charge in [-0.1, -0.05) is 25.5 Å². The molecule has 4 rings (SSSR count). The Kier molecular flexibility index (Phi) is 8.07. The van der Waals surface area contributed by atoms with Gasteiger partial charge in [-0.3, -0.25) is 19.3 Å². The molecule has 1 aromatic carbocycles. The van der Waals surface area contributed by atoms with Gasteiger partial charge in [0.2, 0.25) is 5.91 Å². The number of likely N-dealkylation sites (tertiary alicyclic amines) is 1. The summed E-state index contributed by atoms with van der Waals surface area (Å²) >= 11 is 0.800. The molecule has 8 nitrogen and oxygen atoms in total. The first-order valence-electron chi connectivity index (χ1n) is 11.9. The van der Waals surface area contributed by atoms with Crippen LogP contribution in [0.1, 0.15) is 55.1 Å². The van der Waals surface area contributed by atoms with Crippen molar-refractivity contribution in [3.8, 4) is 11.3 Å². The molecule has 0 bridgehead atoms. The molecule has 2 aromatic rings. The Bertz CT molecular complexity index is 1130. The Morgan fingerprint density at radius 2 is 1.80 bits per heavy atom. The standard InChI is InChI=1S/C26H28N2O6S/c1-2-3-15-33-25(31)19-9-7-18(8-10-19)21-12-11-20(34-21)16-22-24(30)28(26(32)35-22)17-23(29)27-13-5-4-6-14-27/h7-12,16H,2-6,13-15,17H2,1H3/b22-16-. The molecular weight excluding hydrogens is 468 g/mol. The van der Waals surface area contributed by atoms with Crippen LogP contribution in [-0.4, -0.2) is 59.1 Å². The first kappa shape index (κ1) is 24.8. The van der Waals surface area contributed by atoms with E-state index in [1.54, 1.807) is 41.3 Å². The minimum Gasteiger partial charge on any atom is -0.462 e. The zero-order valence-electron chi connectivity index (χ0n) is 19.7. The van der Waals surface area contributed by atoms with E-state index < -0.39 is 11.1 Å². The van der Waals surface area contributed by atoms with Crippen LogP contribution in [0.4, 0.5) is 4.79 Å². The van der Waals surface area contributed by atoms with E-state index in [4.69, 9.17) is 9.15 Å². The van der Waals surface area contributed by atoms with Gasteiger partial charge >= 0.3 is 5.97 Å². The fourth-order valence-corrected chi connectivity index (χ4v) is 4.71. The third kappa shape index (κ3) is 6.03. The molecule has 2 saturated heterocycles. The number of hydrogen-bond donors (Lipinski definition) is 0. The number of carbonyl (C=O) groups is 4. The molecule has 0 spiro atoms. The Balaban J connectivity index is 1.39. The van der Waals surface area contributed by atoms with E-state index in [9.17, 15) is 19.2 Å². The van der Waals surface area contributed by atoms with Crippen LogP contribution in [0.2, 0.25) is 0 Å². The van der Waals surface area contributed by atoms with Gasteiger partial charge in [0.25, 0.3) is 11.1 Å². The molecule has 3 heterocycles.